The number of hydrogen-bond donors (Lipinski definition) is 2. The van der Waals surface area contributed by atoms with E-state index in [0.717, 1.165) is 12.8 Å². The summed E-state index contributed by atoms with van der Waals surface area (Å²) < 4.78 is 26.5. The van der Waals surface area contributed by atoms with Gasteiger partial charge in [0, 0.05) is 12.1 Å². The Morgan fingerprint density at radius 3 is 2.74 bits per heavy atom. The lowest BCUT2D eigenvalue weighted by Crippen LogP contribution is -2.25. The average molecular weight is 301 g/mol. The van der Waals surface area contributed by atoms with Crippen LogP contribution in [-0.2, 0) is 10.0 Å². The van der Waals surface area contributed by atoms with Gasteiger partial charge in [-0.2, -0.15) is 0 Å². The summed E-state index contributed by atoms with van der Waals surface area (Å²) in [5.74, 6) is 5.49. The van der Waals surface area contributed by atoms with Crippen molar-refractivity contribution in [2.45, 2.75) is 24.7 Å². The van der Waals surface area contributed by atoms with E-state index in [-0.39, 0.29) is 16.5 Å². The molecule has 1 rings (SSSR count). The number of unbranched alkanes of at least 4 members (excludes halogenated alkanes) is 1. The molecule has 0 aliphatic heterocycles. The van der Waals surface area contributed by atoms with E-state index < -0.39 is 10.0 Å². The van der Waals surface area contributed by atoms with E-state index in [1.54, 1.807) is 6.07 Å². The Labute approximate surface area is 119 Å². The predicted molar refractivity (Wildman–Crippen MR) is 77.5 cm³/mol. The molecule has 0 radical (unpaired) electrons. The first-order valence-electron chi connectivity index (χ1n) is 5.99. The lowest BCUT2D eigenvalue weighted by atomic mass is 10.2. The molecule has 3 N–H and O–H groups in total. The lowest BCUT2D eigenvalue weighted by molar-refractivity contribution is 0.578. The molecule has 0 atom stereocenters. The van der Waals surface area contributed by atoms with Gasteiger partial charge < -0.3 is 5.73 Å². The third-order valence-electron chi connectivity index (χ3n) is 2.38. The Bertz CT molecular complexity index is 588. The van der Waals surface area contributed by atoms with Gasteiger partial charge in [0.1, 0.15) is 4.90 Å². The quantitative estimate of drug-likeness (QED) is 0.642. The van der Waals surface area contributed by atoms with Crippen molar-refractivity contribution in [3.8, 4) is 11.8 Å². The molecule has 0 aliphatic carbocycles. The molecule has 1 aromatic rings. The Morgan fingerprint density at radius 2 is 2.16 bits per heavy atom. The zero-order valence-electron chi connectivity index (χ0n) is 10.7. The number of halogens is 1. The van der Waals surface area contributed by atoms with E-state index in [2.05, 4.69) is 16.6 Å². The van der Waals surface area contributed by atoms with Crippen LogP contribution in [0.5, 0.6) is 0 Å². The van der Waals surface area contributed by atoms with Crippen molar-refractivity contribution < 1.29 is 8.42 Å². The van der Waals surface area contributed by atoms with E-state index in [0.29, 0.717) is 12.1 Å². The van der Waals surface area contributed by atoms with Gasteiger partial charge in [-0.25, -0.2) is 13.1 Å². The molecule has 0 amide bonds. The molecule has 4 nitrogen and oxygen atoms in total. The summed E-state index contributed by atoms with van der Waals surface area (Å²) in [5.41, 5.74) is 5.91. The fourth-order valence-corrected chi connectivity index (χ4v) is 3.03. The monoisotopic (exact) mass is 300 g/mol. The summed E-state index contributed by atoms with van der Waals surface area (Å²) >= 11 is 5.99. The zero-order valence-corrected chi connectivity index (χ0v) is 12.3. The first-order chi connectivity index (χ1) is 9.01. The standard InChI is InChI=1S/C13H17ClN2O2S/c1-2-3-9-16-19(17,18)13-7-6-11(5-4-8-15)10-12(13)14/h6-7,10,16H,2-3,8-9,15H2,1H3. The summed E-state index contributed by atoms with van der Waals surface area (Å²) in [4.78, 5) is 0.0727. The van der Waals surface area contributed by atoms with Crippen LogP contribution in [0.3, 0.4) is 0 Å². The van der Waals surface area contributed by atoms with Crippen LogP contribution in [0.4, 0.5) is 0 Å². The number of rotatable bonds is 5. The zero-order chi connectivity index (χ0) is 14.3. The van der Waals surface area contributed by atoms with Crippen LogP contribution in [0.1, 0.15) is 25.3 Å². The second-order valence-corrected chi connectivity index (χ2v) is 6.05. The van der Waals surface area contributed by atoms with Crippen LogP contribution in [0.15, 0.2) is 23.1 Å². The van der Waals surface area contributed by atoms with E-state index in [4.69, 9.17) is 17.3 Å². The molecule has 104 valence electrons. The Morgan fingerprint density at radius 1 is 1.42 bits per heavy atom. The van der Waals surface area contributed by atoms with Gasteiger partial charge in [0.25, 0.3) is 0 Å². The number of nitrogens with one attached hydrogen (secondary N) is 1. The molecule has 6 heteroatoms. The minimum absolute atomic E-state index is 0.0727. The lowest BCUT2D eigenvalue weighted by Gasteiger charge is -2.08. The highest BCUT2D eigenvalue weighted by molar-refractivity contribution is 7.89. The van der Waals surface area contributed by atoms with Gasteiger partial charge in [-0.1, -0.05) is 36.8 Å². The highest BCUT2D eigenvalue weighted by Gasteiger charge is 2.17. The van der Waals surface area contributed by atoms with Crippen molar-refractivity contribution in [2.24, 2.45) is 5.73 Å². The smallest absolute Gasteiger partial charge is 0.242 e. The molecule has 0 saturated carbocycles. The predicted octanol–water partition coefficient (Wildman–Crippen LogP) is 1.73. The molecule has 0 heterocycles. The van der Waals surface area contributed by atoms with Crippen molar-refractivity contribution in [2.75, 3.05) is 13.1 Å². The fraction of sp³-hybridized carbons (Fsp3) is 0.385. The van der Waals surface area contributed by atoms with Crippen LogP contribution in [0.2, 0.25) is 5.02 Å². The molecular formula is C13H17ClN2O2S. The number of hydrogen-bond acceptors (Lipinski definition) is 3. The van der Waals surface area contributed by atoms with Crippen molar-refractivity contribution in [1.82, 2.24) is 4.72 Å². The van der Waals surface area contributed by atoms with Gasteiger partial charge >= 0.3 is 0 Å². The Kier molecular flexibility index (Phi) is 6.32. The van der Waals surface area contributed by atoms with Crippen LogP contribution < -0.4 is 10.5 Å². The molecule has 19 heavy (non-hydrogen) atoms. The summed E-state index contributed by atoms with van der Waals surface area (Å²) in [6.45, 7) is 2.65. The first kappa shape index (κ1) is 16.0. The molecule has 0 aromatic heterocycles. The summed E-state index contributed by atoms with van der Waals surface area (Å²) in [7, 11) is -3.56. The van der Waals surface area contributed by atoms with Gasteiger partial charge in [0.05, 0.1) is 11.6 Å². The summed E-state index contributed by atoms with van der Waals surface area (Å²) in [6.07, 6.45) is 1.71. The number of nitrogens with two attached hydrogens (primary N) is 1. The molecular weight excluding hydrogens is 284 g/mol. The molecule has 0 bridgehead atoms. The largest absolute Gasteiger partial charge is 0.320 e. The van der Waals surface area contributed by atoms with E-state index in [1.165, 1.54) is 12.1 Å². The molecule has 1 aromatic carbocycles. The highest BCUT2D eigenvalue weighted by atomic mass is 35.5. The third-order valence-corrected chi connectivity index (χ3v) is 4.32. The molecule has 0 spiro atoms. The molecule has 0 fully saturated rings. The fourth-order valence-electron chi connectivity index (χ4n) is 1.41. The van der Waals surface area contributed by atoms with Crippen LogP contribution in [-0.4, -0.2) is 21.5 Å². The summed E-state index contributed by atoms with van der Waals surface area (Å²) in [6, 6.07) is 4.60. The van der Waals surface area contributed by atoms with E-state index >= 15 is 0 Å². The first-order valence-corrected chi connectivity index (χ1v) is 7.85. The number of benzene rings is 1. The molecule has 0 unspecified atom stereocenters. The second-order valence-electron chi connectivity index (χ2n) is 3.90. The minimum Gasteiger partial charge on any atom is -0.320 e. The van der Waals surface area contributed by atoms with Crippen LogP contribution in [0, 0.1) is 11.8 Å². The van der Waals surface area contributed by atoms with Crippen LogP contribution >= 0.6 is 11.6 Å². The van der Waals surface area contributed by atoms with E-state index in [9.17, 15) is 8.42 Å². The van der Waals surface area contributed by atoms with Crippen LogP contribution in [0.25, 0.3) is 0 Å². The maximum Gasteiger partial charge on any atom is 0.242 e. The van der Waals surface area contributed by atoms with Gasteiger partial charge in [-0.15, -0.1) is 0 Å². The molecule has 0 aliphatic rings. The van der Waals surface area contributed by atoms with Gasteiger partial charge in [0.15, 0.2) is 0 Å². The highest BCUT2D eigenvalue weighted by Crippen LogP contribution is 2.22. The summed E-state index contributed by atoms with van der Waals surface area (Å²) in [5, 5.41) is 0.160. The minimum atomic E-state index is -3.56. The Balaban J connectivity index is 2.95. The maximum absolute atomic E-state index is 12.0. The van der Waals surface area contributed by atoms with Gasteiger partial charge in [-0.3, -0.25) is 0 Å². The molecule has 0 saturated heterocycles. The van der Waals surface area contributed by atoms with Gasteiger partial charge in [0.2, 0.25) is 10.0 Å². The van der Waals surface area contributed by atoms with Crippen molar-refractivity contribution >= 4 is 21.6 Å². The van der Waals surface area contributed by atoms with Crippen molar-refractivity contribution in [3.63, 3.8) is 0 Å². The topological polar surface area (TPSA) is 72.2 Å². The Hall–Kier alpha value is -1.06. The van der Waals surface area contributed by atoms with Gasteiger partial charge in [-0.05, 0) is 24.6 Å². The van der Waals surface area contributed by atoms with Crippen molar-refractivity contribution in [3.05, 3.63) is 28.8 Å². The number of sulfonamides is 1. The van der Waals surface area contributed by atoms with Crippen molar-refractivity contribution in [1.29, 1.82) is 0 Å². The SMILES string of the molecule is CCCCNS(=O)(=O)c1ccc(C#CCN)cc1Cl. The normalized spacial score (nSPS) is 10.9. The van der Waals surface area contributed by atoms with E-state index in [1.807, 2.05) is 6.92 Å². The third kappa shape index (κ3) is 4.84. The second kappa shape index (κ2) is 7.51. The maximum atomic E-state index is 12.0. The average Bonchev–Trinajstić information content (AvgIpc) is 2.36.